The Kier molecular flexibility index (Phi) is 2.86. The molecule has 0 aliphatic rings. The molecular formula is C15H10N2O3. The van der Waals surface area contributed by atoms with Crippen molar-refractivity contribution in [1.29, 1.82) is 5.26 Å². The Morgan fingerprint density at radius 1 is 1.15 bits per heavy atom. The van der Waals surface area contributed by atoms with E-state index in [0.717, 1.165) is 0 Å². The molecule has 5 heteroatoms. The Labute approximate surface area is 113 Å². The van der Waals surface area contributed by atoms with E-state index < -0.39 is 11.9 Å². The SMILES string of the molecule is N#Cc1ccc(C(O)c2ccc3[nH]c(=O)oc3c2)cc1. The lowest BCUT2D eigenvalue weighted by Gasteiger charge is -2.11. The van der Waals surface area contributed by atoms with Crippen molar-refractivity contribution in [3.05, 3.63) is 69.7 Å². The van der Waals surface area contributed by atoms with Gasteiger partial charge in [-0.25, -0.2) is 4.79 Å². The van der Waals surface area contributed by atoms with Gasteiger partial charge in [-0.3, -0.25) is 4.98 Å². The Morgan fingerprint density at radius 3 is 2.55 bits per heavy atom. The fourth-order valence-electron chi connectivity index (χ4n) is 2.06. The monoisotopic (exact) mass is 266 g/mol. The second kappa shape index (κ2) is 4.68. The van der Waals surface area contributed by atoms with Gasteiger partial charge in [0.1, 0.15) is 6.10 Å². The number of aliphatic hydroxyl groups excluding tert-OH is 1. The number of nitriles is 1. The van der Waals surface area contributed by atoms with Crippen molar-refractivity contribution < 1.29 is 9.52 Å². The molecule has 0 amide bonds. The molecule has 0 spiro atoms. The lowest BCUT2D eigenvalue weighted by Crippen LogP contribution is -1.99. The van der Waals surface area contributed by atoms with Crippen LogP contribution in [0.25, 0.3) is 11.1 Å². The predicted molar refractivity (Wildman–Crippen MR) is 72.1 cm³/mol. The highest BCUT2D eigenvalue weighted by Crippen LogP contribution is 2.24. The van der Waals surface area contributed by atoms with Gasteiger partial charge in [0.2, 0.25) is 0 Å². The van der Waals surface area contributed by atoms with Gasteiger partial charge in [-0.15, -0.1) is 0 Å². The van der Waals surface area contributed by atoms with E-state index in [1.165, 1.54) is 0 Å². The smallest absolute Gasteiger partial charge is 0.408 e. The molecule has 1 atom stereocenters. The Morgan fingerprint density at radius 2 is 1.85 bits per heavy atom. The third-order valence-corrected chi connectivity index (χ3v) is 3.12. The van der Waals surface area contributed by atoms with Crippen molar-refractivity contribution in [3.63, 3.8) is 0 Å². The number of benzene rings is 2. The zero-order valence-corrected chi connectivity index (χ0v) is 10.3. The van der Waals surface area contributed by atoms with E-state index in [-0.39, 0.29) is 0 Å². The average molecular weight is 266 g/mol. The predicted octanol–water partition coefficient (Wildman–Crippen LogP) is 2.07. The quantitative estimate of drug-likeness (QED) is 0.743. The third kappa shape index (κ3) is 2.09. The lowest BCUT2D eigenvalue weighted by molar-refractivity contribution is 0.220. The molecule has 2 N–H and O–H groups in total. The summed E-state index contributed by atoms with van der Waals surface area (Å²) >= 11 is 0. The van der Waals surface area contributed by atoms with Crippen LogP contribution in [0.5, 0.6) is 0 Å². The molecule has 0 bridgehead atoms. The number of aromatic nitrogens is 1. The molecule has 1 heterocycles. The summed E-state index contributed by atoms with van der Waals surface area (Å²) < 4.78 is 4.97. The number of aromatic amines is 1. The van der Waals surface area contributed by atoms with E-state index in [1.54, 1.807) is 42.5 Å². The van der Waals surface area contributed by atoms with E-state index in [2.05, 4.69) is 4.98 Å². The van der Waals surface area contributed by atoms with Crippen molar-refractivity contribution in [2.24, 2.45) is 0 Å². The van der Waals surface area contributed by atoms with Gasteiger partial charge in [-0.2, -0.15) is 5.26 Å². The second-order valence-corrected chi connectivity index (χ2v) is 4.41. The largest absolute Gasteiger partial charge is 0.417 e. The van der Waals surface area contributed by atoms with E-state index in [9.17, 15) is 9.90 Å². The summed E-state index contributed by atoms with van der Waals surface area (Å²) in [5.41, 5.74) is 2.81. The highest BCUT2D eigenvalue weighted by molar-refractivity contribution is 5.73. The molecule has 0 saturated heterocycles. The second-order valence-electron chi connectivity index (χ2n) is 4.41. The van der Waals surface area contributed by atoms with Crippen molar-refractivity contribution in [1.82, 2.24) is 4.98 Å². The van der Waals surface area contributed by atoms with Gasteiger partial charge in [0.05, 0.1) is 17.1 Å². The van der Waals surface area contributed by atoms with Gasteiger partial charge >= 0.3 is 5.76 Å². The maximum Gasteiger partial charge on any atom is 0.417 e. The van der Waals surface area contributed by atoms with Crippen molar-refractivity contribution >= 4 is 11.1 Å². The number of H-pyrrole nitrogens is 1. The molecule has 1 unspecified atom stereocenters. The number of aliphatic hydroxyl groups is 1. The minimum absolute atomic E-state index is 0.403. The fourth-order valence-corrected chi connectivity index (χ4v) is 2.06. The topological polar surface area (TPSA) is 90.0 Å². The maximum absolute atomic E-state index is 11.1. The molecular weight excluding hydrogens is 256 g/mol. The summed E-state index contributed by atoms with van der Waals surface area (Å²) in [6, 6.07) is 13.7. The first-order valence-electron chi connectivity index (χ1n) is 5.98. The first-order valence-corrected chi connectivity index (χ1v) is 5.98. The van der Waals surface area contributed by atoms with Crippen LogP contribution < -0.4 is 5.76 Å². The number of rotatable bonds is 2. The first-order chi connectivity index (χ1) is 9.67. The van der Waals surface area contributed by atoms with Gasteiger partial charge in [0, 0.05) is 0 Å². The minimum atomic E-state index is -0.840. The van der Waals surface area contributed by atoms with Crippen LogP contribution in [-0.2, 0) is 0 Å². The van der Waals surface area contributed by atoms with Gasteiger partial charge in [0.25, 0.3) is 0 Å². The van der Waals surface area contributed by atoms with Crippen molar-refractivity contribution in [3.8, 4) is 6.07 Å². The van der Waals surface area contributed by atoms with Crippen LogP contribution in [0.15, 0.2) is 51.7 Å². The third-order valence-electron chi connectivity index (χ3n) is 3.12. The molecule has 2 aromatic carbocycles. The van der Waals surface area contributed by atoms with Gasteiger partial charge < -0.3 is 9.52 Å². The summed E-state index contributed by atoms with van der Waals surface area (Å²) in [6.07, 6.45) is -0.840. The summed E-state index contributed by atoms with van der Waals surface area (Å²) in [4.78, 5) is 13.6. The van der Waals surface area contributed by atoms with Crippen LogP contribution in [0, 0.1) is 11.3 Å². The normalized spacial score (nSPS) is 12.2. The zero-order chi connectivity index (χ0) is 14.1. The van der Waals surface area contributed by atoms with Gasteiger partial charge in [-0.05, 0) is 35.4 Å². The standard InChI is InChI=1S/C15H10N2O3/c16-8-9-1-3-10(4-2-9)14(18)11-5-6-12-13(7-11)20-15(19)17-12/h1-7,14,18H,(H,17,19). The zero-order valence-electron chi connectivity index (χ0n) is 10.3. The number of hydrogen-bond donors (Lipinski definition) is 2. The van der Waals surface area contributed by atoms with Crippen LogP contribution in [0.3, 0.4) is 0 Å². The summed E-state index contributed by atoms with van der Waals surface area (Å²) in [6.45, 7) is 0. The Bertz CT molecular complexity index is 853. The maximum atomic E-state index is 11.1. The minimum Gasteiger partial charge on any atom is -0.408 e. The molecule has 3 rings (SSSR count). The Balaban J connectivity index is 2.00. The highest BCUT2D eigenvalue weighted by atomic mass is 16.4. The van der Waals surface area contributed by atoms with Crippen molar-refractivity contribution in [2.45, 2.75) is 6.10 Å². The number of fused-ring (bicyclic) bond motifs is 1. The van der Waals surface area contributed by atoms with Crippen LogP contribution in [-0.4, -0.2) is 10.1 Å². The average Bonchev–Trinajstić information content (AvgIpc) is 2.85. The molecule has 0 aliphatic carbocycles. The summed E-state index contributed by atoms with van der Waals surface area (Å²) in [5, 5.41) is 19.1. The van der Waals surface area contributed by atoms with Crippen LogP contribution in [0.2, 0.25) is 0 Å². The van der Waals surface area contributed by atoms with E-state index >= 15 is 0 Å². The van der Waals surface area contributed by atoms with E-state index in [0.29, 0.717) is 27.8 Å². The summed E-state index contributed by atoms with van der Waals surface area (Å²) in [7, 11) is 0. The van der Waals surface area contributed by atoms with Gasteiger partial charge in [-0.1, -0.05) is 18.2 Å². The molecule has 0 radical (unpaired) electrons. The van der Waals surface area contributed by atoms with E-state index in [4.69, 9.17) is 9.68 Å². The van der Waals surface area contributed by atoms with Crippen molar-refractivity contribution in [2.75, 3.05) is 0 Å². The van der Waals surface area contributed by atoms with Crippen LogP contribution >= 0.6 is 0 Å². The molecule has 0 saturated carbocycles. The number of hydrogen-bond acceptors (Lipinski definition) is 4. The molecule has 1 aromatic heterocycles. The van der Waals surface area contributed by atoms with Gasteiger partial charge in [0.15, 0.2) is 5.58 Å². The molecule has 20 heavy (non-hydrogen) atoms. The molecule has 5 nitrogen and oxygen atoms in total. The van der Waals surface area contributed by atoms with E-state index in [1.807, 2.05) is 6.07 Å². The van der Waals surface area contributed by atoms with Crippen LogP contribution in [0.1, 0.15) is 22.8 Å². The molecule has 0 fully saturated rings. The molecule has 0 aliphatic heterocycles. The Hall–Kier alpha value is -2.84. The molecule has 98 valence electrons. The van der Waals surface area contributed by atoms with Crippen LogP contribution in [0.4, 0.5) is 0 Å². The number of nitrogens with zero attached hydrogens (tertiary/aromatic N) is 1. The number of oxazole rings is 1. The summed E-state index contributed by atoms with van der Waals surface area (Å²) in [5.74, 6) is -0.523. The highest BCUT2D eigenvalue weighted by Gasteiger charge is 2.12. The lowest BCUT2D eigenvalue weighted by atomic mass is 10.0. The first kappa shape index (κ1) is 12.2. The molecule has 3 aromatic rings. The fraction of sp³-hybridized carbons (Fsp3) is 0.0667. The number of nitrogens with one attached hydrogen (secondary N) is 1.